The van der Waals surface area contributed by atoms with Crippen LogP contribution in [0.1, 0.15) is 35.4 Å². The van der Waals surface area contributed by atoms with Gasteiger partial charge in [0.15, 0.2) is 5.58 Å². The SMILES string of the molecule is Cc1ccc(F)cc1CC(=O)N1CC(S(=O)(=O)N2CCC(c3coc4cccnc34)CC2)C1. The first kappa shape index (κ1) is 22.0. The van der Waals surface area contributed by atoms with Crippen LogP contribution in [-0.4, -0.2) is 59.9 Å². The van der Waals surface area contributed by atoms with Crippen LogP contribution in [0.2, 0.25) is 0 Å². The molecule has 0 bridgehead atoms. The number of likely N-dealkylation sites (tertiary alicyclic amines) is 1. The molecular formula is C24H26FN3O4S. The topological polar surface area (TPSA) is 83.7 Å². The molecule has 5 rings (SSSR count). The first-order valence-corrected chi connectivity index (χ1v) is 12.7. The number of carbonyl (C=O) groups is 1. The molecule has 2 fully saturated rings. The van der Waals surface area contributed by atoms with Crippen LogP contribution in [0.4, 0.5) is 4.39 Å². The Morgan fingerprint density at radius 1 is 1.21 bits per heavy atom. The highest BCUT2D eigenvalue weighted by Crippen LogP contribution is 2.35. The number of nitrogens with zero attached hydrogens (tertiary/aromatic N) is 3. The number of fused-ring (bicyclic) bond motifs is 1. The summed E-state index contributed by atoms with van der Waals surface area (Å²) in [6.45, 7) is 3.09. The Hall–Kier alpha value is -2.78. The van der Waals surface area contributed by atoms with Crippen molar-refractivity contribution in [1.29, 1.82) is 0 Å². The lowest BCUT2D eigenvalue weighted by atomic mass is 9.91. The minimum absolute atomic E-state index is 0.0778. The van der Waals surface area contributed by atoms with E-state index in [-0.39, 0.29) is 37.2 Å². The minimum atomic E-state index is -3.47. The van der Waals surface area contributed by atoms with E-state index in [0.29, 0.717) is 31.5 Å². The summed E-state index contributed by atoms with van der Waals surface area (Å²) < 4.78 is 46.9. The third-order valence-electron chi connectivity index (χ3n) is 6.89. The lowest BCUT2D eigenvalue weighted by molar-refractivity contribution is -0.133. The molecule has 2 saturated heterocycles. The molecule has 3 aromatic rings. The van der Waals surface area contributed by atoms with Crippen molar-refractivity contribution in [2.75, 3.05) is 26.2 Å². The third kappa shape index (κ3) is 4.15. The van der Waals surface area contributed by atoms with Crippen molar-refractivity contribution in [3.8, 4) is 0 Å². The highest BCUT2D eigenvalue weighted by molar-refractivity contribution is 7.89. The fourth-order valence-electron chi connectivity index (χ4n) is 4.74. The number of aryl methyl sites for hydroxylation is 1. The van der Waals surface area contributed by atoms with Gasteiger partial charge in [0.05, 0.1) is 12.7 Å². The Labute approximate surface area is 192 Å². The lowest BCUT2D eigenvalue weighted by Crippen LogP contribution is -2.60. The van der Waals surface area contributed by atoms with Gasteiger partial charge in [-0.3, -0.25) is 9.78 Å². The monoisotopic (exact) mass is 471 g/mol. The second kappa shape index (κ2) is 8.53. The number of halogens is 1. The number of hydrogen-bond donors (Lipinski definition) is 0. The summed E-state index contributed by atoms with van der Waals surface area (Å²) >= 11 is 0. The van der Waals surface area contributed by atoms with Crippen LogP contribution in [0.5, 0.6) is 0 Å². The van der Waals surface area contributed by atoms with Gasteiger partial charge in [0, 0.05) is 37.9 Å². The van der Waals surface area contributed by atoms with Crippen molar-refractivity contribution in [1.82, 2.24) is 14.2 Å². The number of carbonyl (C=O) groups excluding carboxylic acids is 1. The van der Waals surface area contributed by atoms with Gasteiger partial charge in [0.1, 0.15) is 16.6 Å². The van der Waals surface area contributed by atoms with E-state index in [9.17, 15) is 17.6 Å². The van der Waals surface area contributed by atoms with E-state index in [1.54, 1.807) is 27.7 Å². The maximum atomic E-state index is 13.5. The first-order chi connectivity index (χ1) is 15.8. The van der Waals surface area contributed by atoms with Crippen LogP contribution in [0, 0.1) is 12.7 Å². The van der Waals surface area contributed by atoms with E-state index in [4.69, 9.17) is 4.42 Å². The number of pyridine rings is 1. The van der Waals surface area contributed by atoms with Gasteiger partial charge < -0.3 is 9.32 Å². The summed E-state index contributed by atoms with van der Waals surface area (Å²) in [4.78, 5) is 18.5. The van der Waals surface area contributed by atoms with E-state index in [0.717, 1.165) is 22.2 Å². The molecule has 0 saturated carbocycles. The predicted molar refractivity (Wildman–Crippen MR) is 122 cm³/mol. The Balaban J connectivity index is 1.17. The Morgan fingerprint density at radius 3 is 2.73 bits per heavy atom. The van der Waals surface area contributed by atoms with Gasteiger partial charge in [-0.1, -0.05) is 6.07 Å². The number of amides is 1. The summed E-state index contributed by atoms with van der Waals surface area (Å²) in [6.07, 6.45) is 4.97. The van der Waals surface area contributed by atoms with Crippen LogP contribution < -0.4 is 0 Å². The molecule has 1 amide bonds. The van der Waals surface area contributed by atoms with Crippen molar-refractivity contribution in [3.05, 3.63) is 65.3 Å². The molecule has 0 unspecified atom stereocenters. The quantitative estimate of drug-likeness (QED) is 0.571. The number of furan rings is 1. The van der Waals surface area contributed by atoms with Crippen molar-refractivity contribution in [3.63, 3.8) is 0 Å². The van der Waals surface area contributed by atoms with Crippen LogP contribution in [0.3, 0.4) is 0 Å². The zero-order valence-corrected chi connectivity index (χ0v) is 19.2. The van der Waals surface area contributed by atoms with Gasteiger partial charge in [-0.15, -0.1) is 0 Å². The molecule has 0 atom stereocenters. The Bertz CT molecular complexity index is 1290. The fourth-order valence-corrected chi connectivity index (χ4v) is 6.62. The van der Waals surface area contributed by atoms with Gasteiger partial charge >= 0.3 is 0 Å². The molecule has 0 radical (unpaired) electrons. The molecule has 33 heavy (non-hydrogen) atoms. The number of rotatable bonds is 5. The molecule has 4 heterocycles. The smallest absolute Gasteiger partial charge is 0.227 e. The Morgan fingerprint density at radius 2 is 1.97 bits per heavy atom. The summed E-state index contributed by atoms with van der Waals surface area (Å²) in [7, 11) is -3.47. The fraction of sp³-hybridized carbons (Fsp3) is 0.417. The number of aromatic nitrogens is 1. The highest BCUT2D eigenvalue weighted by Gasteiger charge is 2.43. The van der Waals surface area contributed by atoms with Gasteiger partial charge in [0.2, 0.25) is 15.9 Å². The van der Waals surface area contributed by atoms with Crippen LogP contribution in [-0.2, 0) is 21.2 Å². The lowest BCUT2D eigenvalue weighted by Gasteiger charge is -2.42. The molecule has 0 spiro atoms. The number of hydrogen-bond acceptors (Lipinski definition) is 5. The van der Waals surface area contributed by atoms with Gasteiger partial charge in [-0.25, -0.2) is 17.1 Å². The molecule has 0 N–H and O–H groups in total. The van der Waals surface area contributed by atoms with Gasteiger partial charge in [-0.2, -0.15) is 0 Å². The van der Waals surface area contributed by atoms with Gasteiger partial charge in [-0.05, 0) is 61.1 Å². The molecule has 7 nitrogen and oxygen atoms in total. The summed E-state index contributed by atoms with van der Waals surface area (Å²) in [6, 6.07) is 8.09. The number of benzene rings is 1. The van der Waals surface area contributed by atoms with Crippen LogP contribution in [0.25, 0.3) is 11.1 Å². The van der Waals surface area contributed by atoms with Crippen molar-refractivity contribution in [2.24, 2.45) is 0 Å². The second-order valence-corrected chi connectivity index (χ2v) is 11.1. The van der Waals surface area contributed by atoms with E-state index in [2.05, 4.69) is 4.98 Å². The molecular weight excluding hydrogens is 445 g/mol. The van der Waals surface area contributed by atoms with Gasteiger partial charge in [0.25, 0.3) is 0 Å². The molecule has 1 aromatic carbocycles. The minimum Gasteiger partial charge on any atom is -0.462 e. The average molecular weight is 472 g/mol. The molecule has 174 valence electrons. The maximum absolute atomic E-state index is 13.5. The van der Waals surface area contributed by atoms with E-state index < -0.39 is 15.3 Å². The van der Waals surface area contributed by atoms with E-state index in [1.807, 2.05) is 19.1 Å². The standard InChI is InChI=1S/C24H26FN3O4S/c1-16-4-5-19(25)11-18(16)12-23(29)27-13-20(14-27)33(30,31)28-9-6-17(7-10-28)21-15-32-22-3-2-8-26-24(21)22/h2-5,8,11,15,17,20H,6-7,9-10,12-14H2,1H3. The summed E-state index contributed by atoms with van der Waals surface area (Å²) in [5, 5.41) is -0.581. The van der Waals surface area contributed by atoms with Crippen LogP contribution in [0.15, 0.2) is 47.2 Å². The molecule has 2 aliphatic heterocycles. The molecule has 2 aliphatic rings. The highest BCUT2D eigenvalue weighted by atomic mass is 32.2. The van der Waals surface area contributed by atoms with Crippen LogP contribution >= 0.6 is 0 Å². The average Bonchev–Trinajstić information content (AvgIpc) is 3.19. The summed E-state index contributed by atoms with van der Waals surface area (Å²) in [5.74, 6) is -0.343. The number of sulfonamides is 1. The first-order valence-electron chi connectivity index (χ1n) is 11.2. The second-order valence-electron chi connectivity index (χ2n) is 8.93. The largest absolute Gasteiger partial charge is 0.462 e. The predicted octanol–water partition coefficient (Wildman–Crippen LogP) is 3.24. The van der Waals surface area contributed by atoms with Crippen molar-refractivity contribution in [2.45, 2.75) is 37.4 Å². The van der Waals surface area contributed by atoms with Crippen molar-refractivity contribution < 1.29 is 22.0 Å². The number of piperidine rings is 1. The summed E-state index contributed by atoms with van der Waals surface area (Å²) in [5.41, 5.74) is 4.11. The van der Waals surface area contributed by atoms with E-state index >= 15 is 0 Å². The zero-order valence-electron chi connectivity index (χ0n) is 18.4. The normalized spacial score (nSPS) is 18.5. The Kier molecular flexibility index (Phi) is 5.70. The third-order valence-corrected chi connectivity index (χ3v) is 9.11. The van der Waals surface area contributed by atoms with Crippen molar-refractivity contribution >= 4 is 27.0 Å². The molecule has 2 aromatic heterocycles. The zero-order chi connectivity index (χ0) is 23.2. The molecule has 9 heteroatoms. The maximum Gasteiger partial charge on any atom is 0.227 e. The molecule has 0 aliphatic carbocycles. The van der Waals surface area contributed by atoms with E-state index in [1.165, 1.54) is 12.1 Å².